The molecule has 0 saturated heterocycles. The summed E-state index contributed by atoms with van der Waals surface area (Å²) >= 11 is 0. The van der Waals surface area contributed by atoms with Crippen LogP contribution in [0.4, 0.5) is 0 Å². The number of phenolic OH excluding ortho intramolecular Hbond substituents is 1. The van der Waals surface area contributed by atoms with Crippen molar-refractivity contribution < 1.29 is 5.11 Å². The largest absolute Gasteiger partial charge is 0.508 e. The summed E-state index contributed by atoms with van der Waals surface area (Å²) in [7, 11) is 6.00. The lowest BCUT2D eigenvalue weighted by Gasteiger charge is -2.23. The zero-order chi connectivity index (χ0) is 9.19. The van der Waals surface area contributed by atoms with Crippen molar-refractivity contribution in [2.45, 2.75) is 25.6 Å². The Morgan fingerprint density at radius 2 is 2.17 bits per heavy atom. The third-order valence-electron chi connectivity index (χ3n) is 2.24. The van der Waals surface area contributed by atoms with E-state index >= 15 is 0 Å². The maximum Gasteiger partial charge on any atom is 0.115 e. The molecule has 1 nitrogen and oxygen atoms in total. The van der Waals surface area contributed by atoms with Crippen molar-refractivity contribution in [3.8, 4) is 5.75 Å². The van der Waals surface area contributed by atoms with Gasteiger partial charge >= 0.3 is 0 Å². The molecular formula is C10H13BO. The summed E-state index contributed by atoms with van der Waals surface area (Å²) in [6.07, 6.45) is 0.858. The fraction of sp³-hybridized carbons (Fsp3) is 0.400. The van der Waals surface area contributed by atoms with Crippen LogP contribution in [0, 0.1) is 0 Å². The van der Waals surface area contributed by atoms with Gasteiger partial charge in [0.2, 0.25) is 0 Å². The first-order chi connectivity index (χ1) is 5.56. The first-order valence-electron chi connectivity index (χ1n) is 4.14. The summed E-state index contributed by atoms with van der Waals surface area (Å²) in [5.41, 5.74) is 0.977. The molecule has 1 rings (SSSR count). The van der Waals surface area contributed by atoms with Crippen molar-refractivity contribution in [3.63, 3.8) is 0 Å². The number of rotatable bonds is 2. The molecule has 1 atom stereocenters. The first kappa shape index (κ1) is 9.18. The van der Waals surface area contributed by atoms with E-state index in [-0.39, 0.29) is 11.1 Å². The minimum atomic E-state index is -0.335. The molecule has 0 bridgehead atoms. The van der Waals surface area contributed by atoms with Crippen LogP contribution in [0.3, 0.4) is 0 Å². The van der Waals surface area contributed by atoms with Crippen molar-refractivity contribution in [2.75, 3.05) is 0 Å². The average Bonchev–Trinajstić information content (AvgIpc) is 2.05. The molecule has 0 aliphatic heterocycles. The summed E-state index contributed by atoms with van der Waals surface area (Å²) in [5.74, 6) is 0.276. The van der Waals surface area contributed by atoms with E-state index in [1.54, 1.807) is 12.1 Å². The molecule has 0 spiro atoms. The normalized spacial score (nSPS) is 15.5. The Labute approximate surface area is 74.8 Å². The van der Waals surface area contributed by atoms with Crippen LogP contribution in [0.25, 0.3) is 0 Å². The third kappa shape index (κ3) is 1.82. The molecule has 1 unspecified atom stereocenters. The molecule has 0 amide bonds. The summed E-state index contributed by atoms with van der Waals surface area (Å²) in [5, 5.41) is 8.88. The smallest absolute Gasteiger partial charge is 0.115 e. The number of benzene rings is 1. The van der Waals surface area contributed by atoms with E-state index in [0.717, 1.165) is 12.0 Å². The molecule has 12 heavy (non-hydrogen) atoms. The predicted molar refractivity (Wildman–Crippen MR) is 51.5 cm³/mol. The van der Waals surface area contributed by atoms with E-state index in [4.69, 9.17) is 7.85 Å². The van der Waals surface area contributed by atoms with Crippen LogP contribution in [-0.4, -0.2) is 13.0 Å². The number of phenols is 1. The van der Waals surface area contributed by atoms with Crippen LogP contribution in [0.15, 0.2) is 24.3 Å². The van der Waals surface area contributed by atoms with Gasteiger partial charge in [-0.2, -0.15) is 0 Å². The molecule has 2 heteroatoms. The summed E-state index contributed by atoms with van der Waals surface area (Å²) in [4.78, 5) is 0. The van der Waals surface area contributed by atoms with Crippen LogP contribution in [0.2, 0.25) is 0 Å². The molecular weight excluding hydrogens is 147 g/mol. The molecule has 2 radical (unpaired) electrons. The van der Waals surface area contributed by atoms with E-state index in [0.29, 0.717) is 0 Å². The van der Waals surface area contributed by atoms with E-state index < -0.39 is 0 Å². The molecule has 0 aliphatic rings. The maximum atomic E-state index is 9.22. The van der Waals surface area contributed by atoms with Gasteiger partial charge in [-0.25, -0.2) is 0 Å². The Morgan fingerprint density at radius 3 is 2.67 bits per heavy atom. The quantitative estimate of drug-likeness (QED) is 0.657. The van der Waals surface area contributed by atoms with E-state index in [2.05, 4.69) is 0 Å². The Hall–Kier alpha value is -0.915. The van der Waals surface area contributed by atoms with Gasteiger partial charge in [0.05, 0.1) is 7.85 Å². The lowest BCUT2D eigenvalue weighted by molar-refractivity contribution is 0.473. The van der Waals surface area contributed by atoms with Gasteiger partial charge in [-0.15, -0.1) is 0 Å². The zero-order valence-corrected chi connectivity index (χ0v) is 7.54. The second-order valence-electron chi connectivity index (χ2n) is 3.32. The van der Waals surface area contributed by atoms with E-state index in [1.165, 1.54) is 0 Å². The van der Waals surface area contributed by atoms with Crippen molar-refractivity contribution >= 4 is 7.85 Å². The lowest BCUT2D eigenvalue weighted by atomic mass is 9.64. The monoisotopic (exact) mass is 160 g/mol. The molecule has 0 aliphatic carbocycles. The van der Waals surface area contributed by atoms with Crippen LogP contribution in [0.5, 0.6) is 5.75 Å². The minimum absolute atomic E-state index is 0.276. The molecule has 1 aromatic rings. The number of hydrogen-bond acceptors (Lipinski definition) is 1. The number of hydrogen-bond donors (Lipinski definition) is 1. The average molecular weight is 160 g/mol. The van der Waals surface area contributed by atoms with Crippen LogP contribution in [-0.2, 0) is 5.31 Å². The Bertz CT molecular complexity index is 268. The number of aromatic hydroxyl groups is 1. The van der Waals surface area contributed by atoms with Gasteiger partial charge in [0.25, 0.3) is 0 Å². The molecule has 0 heterocycles. The maximum absolute atomic E-state index is 9.22. The Balaban J connectivity index is 3.03. The molecule has 0 saturated carbocycles. The van der Waals surface area contributed by atoms with Gasteiger partial charge in [-0.05, 0) is 23.0 Å². The van der Waals surface area contributed by atoms with Crippen molar-refractivity contribution in [3.05, 3.63) is 29.8 Å². The highest BCUT2D eigenvalue weighted by molar-refractivity contribution is 6.15. The molecule has 62 valence electrons. The molecule has 1 N–H and O–H groups in total. The third-order valence-corrected chi connectivity index (χ3v) is 2.24. The minimum Gasteiger partial charge on any atom is -0.508 e. The highest BCUT2D eigenvalue weighted by Crippen LogP contribution is 2.25. The van der Waals surface area contributed by atoms with Gasteiger partial charge in [-0.1, -0.05) is 32.4 Å². The summed E-state index contributed by atoms with van der Waals surface area (Å²) in [6, 6.07) is 7.10. The van der Waals surface area contributed by atoms with Gasteiger partial charge in [0.1, 0.15) is 5.75 Å². The van der Waals surface area contributed by atoms with Crippen LogP contribution >= 0.6 is 0 Å². The van der Waals surface area contributed by atoms with Crippen molar-refractivity contribution in [2.24, 2.45) is 0 Å². The van der Waals surface area contributed by atoms with Crippen molar-refractivity contribution in [1.29, 1.82) is 0 Å². The second kappa shape index (κ2) is 3.22. The van der Waals surface area contributed by atoms with Gasteiger partial charge in [-0.3, -0.25) is 0 Å². The highest BCUT2D eigenvalue weighted by atomic mass is 16.3. The van der Waals surface area contributed by atoms with Crippen LogP contribution < -0.4 is 0 Å². The topological polar surface area (TPSA) is 20.2 Å². The standard InChI is InChI=1S/C10H13BO/c1-3-10(2,11)8-5-4-6-9(12)7-8/h4-7,12H,3H2,1-2H3. The Kier molecular flexibility index (Phi) is 2.46. The summed E-state index contributed by atoms with van der Waals surface area (Å²) in [6.45, 7) is 3.99. The first-order valence-corrected chi connectivity index (χ1v) is 4.14. The second-order valence-corrected chi connectivity index (χ2v) is 3.32. The molecule has 1 aromatic carbocycles. The van der Waals surface area contributed by atoms with Crippen LogP contribution in [0.1, 0.15) is 25.8 Å². The summed E-state index contributed by atoms with van der Waals surface area (Å²) < 4.78 is 0. The fourth-order valence-corrected chi connectivity index (χ4v) is 1.07. The Morgan fingerprint density at radius 1 is 1.50 bits per heavy atom. The fourth-order valence-electron chi connectivity index (χ4n) is 1.07. The molecule has 0 fully saturated rings. The zero-order valence-electron chi connectivity index (χ0n) is 7.54. The SMILES string of the molecule is [B]C(C)(CC)c1cccc(O)c1. The van der Waals surface area contributed by atoms with E-state index in [9.17, 15) is 5.11 Å². The lowest BCUT2D eigenvalue weighted by Crippen LogP contribution is -2.20. The van der Waals surface area contributed by atoms with E-state index in [1.807, 2.05) is 26.0 Å². The van der Waals surface area contributed by atoms with Gasteiger partial charge < -0.3 is 5.11 Å². The van der Waals surface area contributed by atoms with Gasteiger partial charge in [0.15, 0.2) is 0 Å². The predicted octanol–water partition coefficient (Wildman–Crippen LogP) is 2.19. The molecule has 0 aromatic heterocycles. The van der Waals surface area contributed by atoms with Crippen molar-refractivity contribution in [1.82, 2.24) is 0 Å². The highest BCUT2D eigenvalue weighted by Gasteiger charge is 2.17. The van der Waals surface area contributed by atoms with Gasteiger partial charge in [0, 0.05) is 0 Å².